The molecule has 1 atom stereocenters. The van der Waals surface area contributed by atoms with Crippen LogP contribution in [0.1, 0.15) is 26.7 Å². The summed E-state index contributed by atoms with van der Waals surface area (Å²) in [5, 5.41) is 0. The first-order valence-electron chi connectivity index (χ1n) is 4.47. The topological polar surface area (TPSA) is 66.8 Å². The Hall–Kier alpha value is -0.240. The number of hydrogen-bond acceptors (Lipinski definition) is 2. The summed E-state index contributed by atoms with van der Waals surface area (Å²) in [4.78, 5) is 16.6. The molecule has 1 unspecified atom stereocenters. The largest absolute Gasteiger partial charge is 0.472 e. The summed E-state index contributed by atoms with van der Waals surface area (Å²) >= 11 is 0. The fraction of sp³-hybridized carbons (Fsp3) is 1.00. The molecule has 0 rings (SSSR count). The van der Waals surface area contributed by atoms with Crippen molar-refractivity contribution in [3.8, 4) is 0 Å². The molecule has 0 aliphatic rings. The summed E-state index contributed by atoms with van der Waals surface area (Å²) in [5.74, 6) is -14.6. The SMILES string of the molecule is CCCC(F)(OP(=O)(O)O)C(F)(F)C(C)(F)F. The van der Waals surface area contributed by atoms with Crippen LogP contribution in [0.15, 0.2) is 0 Å². The third-order valence-corrected chi connectivity index (χ3v) is 2.38. The second kappa shape index (κ2) is 4.79. The van der Waals surface area contributed by atoms with Gasteiger partial charge in [0.2, 0.25) is 0 Å². The molecule has 10 heteroatoms. The molecule has 0 aromatic carbocycles. The molecule has 0 radical (unpaired) electrons. The molecule has 0 spiro atoms. The van der Waals surface area contributed by atoms with E-state index in [0.717, 1.165) is 0 Å². The zero-order valence-electron chi connectivity index (χ0n) is 8.96. The van der Waals surface area contributed by atoms with Crippen LogP contribution in [0.3, 0.4) is 0 Å². The number of rotatable bonds is 6. The lowest BCUT2D eigenvalue weighted by atomic mass is 10.0. The van der Waals surface area contributed by atoms with Crippen LogP contribution in [-0.2, 0) is 9.09 Å². The Morgan fingerprint density at radius 3 is 1.82 bits per heavy atom. The van der Waals surface area contributed by atoms with Gasteiger partial charge >= 0.3 is 19.7 Å². The first-order valence-corrected chi connectivity index (χ1v) is 6.01. The Morgan fingerprint density at radius 2 is 1.59 bits per heavy atom. The van der Waals surface area contributed by atoms with Crippen LogP contribution < -0.4 is 0 Å². The number of hydrogen-bond donors (Lipinski definition) is 2. The minimum Gasteiger partial charge on any atom is -0.303 e. The van der Waals surface area contributed by atoms with E-state index in [-0.39, 0.29) is 13.3 Å². The Kier molecular flexibility index (Phi) is 4.73. The third-order valence-electron chi connectivity index (χ3n) is 1.86. The maximum atomic E-state index is 13.6. The van der Waals surface area contributed by atoms with Gasteiger partial charge in [0.1, 0.15) is 0 Å². The summed E-state index contributed by atoms with van der Waals surface area (Å²) in [5.41, 5.74) is 0. The summed E-state index contributed by atoms with van der Waals surface area (Å²) < 4.78 is 78.5. The quantitative estimate of drug-likeness (QED) is 0.582. The standard InChI is InChI=1S/C7H12F5O4P/c1-3-4-6(10,16-17(13,14)15)7(11,12)5(2,8)9/h3-4H2,1-2H3,(H2,13,14,15). The van der Waals surface area contributed by atoms with Gasteiger partial charge in [0.25, 0.3) is 5.85 Å². The van der Waals surface area contributed by atoms with Crippen LogP contribution in [0.2, 0.25) is 0 Å². The van der Waals surface area contributed by atoms with Crippen molar-refractivity contribution in [1.29, 1.82) is 0 Å². The van der Waals surface area contributed by atoms with Crippen molar-refractivity contribution in [2.24, 2.45) is 0 Å². The lowest BCUT2D eigenvalue weighted by molar-refractivity contribution is -0.323. The number of alkyl halides is 5. The second-order valence-electron chi connectivity index (χ2n) is 3.52. The Morgan fingerprint density at radius 1 is 1.18 bits per heavy atom. The Balaban J connectivity index is 5.42. The van der Waals surface area contributed by atoms with Crippen molar-refractivity contribution in [3.63, 3.8) is 0 Å². The highest BCUT2D eigenvalue weighted by molar-refractivity contribution is 7.46. The van der Waals surface area contributed by atoms with Crippen LogP contribution in [0, 0.1) is 0 Å². The molecule has 104 valence electrons. The van der Waals surface area contributed by atoms with Crippen LogP contribution in [-0.4, -0.2) is 27.5 Å². The fourth-order valence-electron chi connectivity index (χ4n) is 1.10. The highest BCUT2D eigenvalue weighted by atomic mass is 31.2. The summed E-state index contributed by atoms with van der Waals surface area (Å²) in [6, 6.07) is 0. The minimum absolute atomic E-state index is 0.264. The number of phosphoric acid groups is 1. The lowest BCUT2D eigenvalue weighted by Crippen LogP contribution is -2.56. The maximum Gasteiger partial charge on any atom is 0.472 e. The molecular weight excluding hydrogens is 274 g/mol. The molecule has 0 aromatic rings. The van der Waals surface area contributed by atoms with Crippen LogP contribution in [0.25, 0.3) is 0 Å². The van der Waals surface area contributed by atoms with Crippen LogP contribution in [0.4, 0.5) is 22.0 Å². The van der Waals surface area contributed by atoms with Crippen molar-refractivity contribution in [1.82, 2.24) is 0 Å². The lowest BCUT2D eigenvalue weighted by Gasteiger charge is -2.35. The van der Waals surface area contributed by atoms with Gasteiger partial charge in [-0.2, -0.15) is 17.6 Å². The molecule has 0 saturated carbocycles. The van der Waals surface area contributed by atoms with Gasteiger partial charge in [0.05, 0.1) is 0 Å². The van der Waals surface area contributed by atoms with E-state index in [0.29, 0.717) is 0 Å². The van der Waals surface area contributed by atoms with Gasteiger partial charge < -0.3 is 9.79 Å². The van der Waals surface area contributed by atoms with E-state index in [1.54, 1.807) is 0 Å². The summed E-state index contributed by atoms with van der Waals surface area (Å²) in [7, 11) is -5.67. The molecule has 17 heavy (non-hydrogen) atoms. The van der Waals surface area contributed by atoms with Crippen LogP contribution >= 0.6 is 7.82 Å². The van der Waals surface area contributed by atoms with E-state index in [1.165, 1.54) is 6.92 Å². The molecule has 0 bridgehead atoms. The fourth-order valence-corrected chi connectivity index (χ4v) is 1.68. The molecule has 4 nitrogen and oxygen atoms in total. The predicted octanol–water partition coefficient (Wildman–Crippen LogP) is 2.85. The molecule has 0 aromatic heterocycles. The Bertz CT molecular complexity index is 312. The van der Waals surface area contributed by atoms with Gasteiger partial charge in [-0.3, -0.25) is 0 Å². The van der Waals surface area contributed by atoms with Crippen molar-refractivity contribution < 1.29 is 40.8 Å². The third kappa shape index (κ3) is 3.87. The normalized spacial score (nSPS) is 17.9. The van der Waals surface area contributed by atoms with E-state index in [9.17, 15) is 26.5 Å². The maximum absolute atomic E-state index is 13.6. The summed E-state index contributed by atoms with van der Waals surface area (Å²) in [6.45, 7) is 0.904. The van der Waals surface area contributed by atoms with Crippen LogP contribution in [0.5, 0.6) is 0 Å². The molecular formula is C7H12F5O4P. The molecule has 0 aliphatic carbocycles. The zero-order valence-corrected chi connectivity index (χ0v) is 9.86. The average Bonchev–Trinajstić information content (AvgIpc) is 1.97. The monoisotopic (exact) mass is 286 g/mol. The highest BCUT2D eigenvalue weighted by Crippen LogP contribution is 2.54. The molecule has 0 saturated heterocycles. The first kappa shape index (κ1) is 16.8. The van der Waals surface area contributed by atoms with Gasteiger partial charge in [0, 0.05) is 13.3 Å². The molecule has 0 fully saturated rings. The predicted molar refractivity (Wildman–Crippen MR) is 47.4 cm³/mol. The van der Waals surface area contributed by atoms with E-state index < -0.39 is 31.9 Å². The van der Waals surface area contributed by atoms with Crippen molar-refractivity contribution >= 4 is 7.82 Å². The van der Waals surface area contributed by atoms with Gasteiger partial charge in [-0.05, 0) is 0 Å². The zero-order chi connectivity index (χ0) is 14.1. The van der Waals surface area contributed by atoms with E-state index in [4.69, 9.17) is 9.79 Å². The van der Waals surface area contributed by atoms with Crippen molar-refractivity contribution in [3.05, 3.63) is 0 Å². The molecule has 0 heterocycles. The number of phosphoric ester groups is 1. The minimum atomic E-state index is -5.67. The second-order valence-corrected chi connectivity index (χ2v) is 4.69. The molecule has 0 aliphatic heterocycles. The van der Waals surface area contributed by atoms with Gasteiger partial charge in [-0.25, -0.2) is 13.5 Å². The van der Waals surface area contributed by atoms with Gasteiger partial charge in [-0.15, -0.1) is 0 Å². The smallest absolute Gasteiger partial charge is 0.303 e. The average molecular weight is 286 g/mol. The van der Waals surface area contributed by atoms with E-state index >= 15 is 0 Å². The van der Waals surface area contributed by atoms with Crippen molar-refractivity contribution in [2.75, 3.05) is 0 Å². The van der Waals surface area contributed by atoms with E-state index in [1.807, 2.05) is 0 Å². The van der Waals surface area contributed by atoms with E-state index in [2.05, 4.69) is 4.52 Å². The number of halogens is 5. The molecule has 2 N–H and O–H groups in total. The first-order chi connectivity index (χ1) is 7.27. The van der Waals surface area contributed by atoms with Crippen molar-refractivity contribution in [2.45, 2.75) is 44.4 Å². The van der Waals surface area contributed by atoms with Gasteiger partial charge in [-0.1, -0.05) is 13.3 Å². The summed E-state index contributed by atoms with van der Waals surface area (Å²) in [6.07, 6.45) is -1.66. The molecule has 0 amide bonds. The highest BCUT2D eigenvalue weighted by Gasteiger charge is 2.70. The Labute approximate surface area is 94.0 Å². The van der Waals surface area contributed by atoms with Gasteiger partial charge in [0.15, 0.2) is 0 Å².